The third kappa shape index (κ3) is 3.08. The molecule has 1 aliphatic rings. The highest BCUT2D eigenvalue weighted by Crippen LogP contribution is 2.05. The summed E-state index contributed by atoms with van der Waals surface area (Å²) in [5.74, 6) is -0.0972. The molecular weight excluding hydrogens is 166 g/mol. The van der Waals surface area contributed by atoms with E-state index in [4.69, 9.17) is 4.74 Å². The van der Waals surface area contributed by atoms with Gasteiger partial charge in [0, 0.05) is 0 Å². The van der Waals surface area contributed by atoms with Crippen LogP contribution < -0.4 is 5.32 Å². The van der Waals surface area contributed by atoms with E-state index in [9.17, 15) is 4.79 Å². The van der Waals surface area contributed by atoms with E-state index in [1.54, 1.807) is 0 Å². The van der Waals surface area contributed by atoms with Crippen molar-refractivity contribution in [2.45, 2.75) is 25.8 Å². The van der Waals surface area contributed by atoms with Crippen LogP contribution >= 0.6 is 12.4 Å². The molecular formula is C7H14ClNO2. The Morgan fingerprint density at radius 3 is 2.91 bits per heavy atom. The largest absolute Gasteiger partial charge is 0.465 e. The minimum Gasteiger partial charge on any atom is -0.465 e. The number of ether oxygens (including phenoxy) is 1. The molecule has 0 amide bonds. The summed E-state index contributed by atoms with van der Waals surface area (Å²) in [5.41, 5.74) is 0. The maximum absolute atomic E-state index is 11.0. The van der Waals surface area contributed by atoms with E-state index in [1.165, 1.54) is 0 Å². The Kier molecular flexibility index (Phi) is 5.24. The zero-order valence-corrected chi connectivity index (χ0v) is 7.45. The topological polar surface area (TPSA) is 38.3 Å². The van der Waals surface area contributed by atoms with Crippen LogP contribution in [0.15, 0.2) is 0 Å². The summed E-state index contributed by atoms with van der Waals surface area (Å²) in [7, 11) is 0. The lowest BCUT2D eigenvalue weighted by molar-refractivity contribution is -0.145. The monoisotopic (exact) mass is 179 g/mol. The summed E-state index contributed by atoms with van der Waals surface area (Å²) < 4.78 is 4.82. The van der Waals surface area contributed by atoms with Crippen LogP contribution in [-0.2, 0) is 9.53 Å². The molecule has 0 bridgehead atoms. The Hall–Kier alpha value is -0.280. The van der Waals surface area contributed by atoms with Crippen LogP contribution in [-0.4, -0.2) is 25.2 Å². The van der Waals surface area contributed by atoms with E-state index < -0.39 is 0 Å². The van der Waals surface area contributed by atoms with Crippen molar-refractivity contribution in [3.8, 4) is 0 Å². The van der Waals surface area contributed by atoms with E-state index in [2.05, 4.69) is 5.32 Å². The van der Waals surface area contributed by atoms with Gasteiger partial charge in [-0.05, 0) is 26.3 Å². The third-order valence-corrected chi connectivity index (χ3v) is 1.63. The Bertz CT molecular complexity index is 124. The first-order valence-electron chi connectivity index (χ1n) is 3.74. The van der Waals surface area contributed by atoms with Crippen molar-refractivity contribution < 1.29 is 9.53 Å². The van der Waals surface area contributed by atoms with Crippen LogP contribution in [0.2, 0.25) is 0 Å². The summed E-state index contributed by atoms with van der Waals surface area (Å²) in [6.45, 7) is 3.26. The highest BCUT2D eigenvalue weighted by molar-refractivity contribution is 5.85. The van der Waals surface area contributed by atoms with Crippen LogP contribution in [0.25, 0.3) is 0 Å². The molecule has 1 fully saturated rings. The van der Waals surface area contributed by atoms with Crippen LogP contribution in [0.5, 0.6) is 0 Å². The van der Waals surface area contributed by atoms with Crippen molar-refractivity contribution in [3.05, 3.63) is 0 Å². The Morgan fingerprint density at radius 1 is 1.73 bits per heavy atom. The highest BCUT2D eigenvalue weighted by Gasteiger charge is 2.22. The van der Waals surface area contributed by atoms with Gasteiger partial charge in [-0.15, -0.1) is 12.4 Å². The van der Waals surface area contributed by atoms with Gasteiger partial charge in [-0.2, -0.15) is 0 Å². The Morgan fingerprint density at radius 2 is 2.45 bits per heavy atom. The molecule has 0 saturated carbocycles. The molecule has 1 heterocycles. The molecule has 0 aromatic rings. The van der Waals surface area contributed by atoms with Crippen molar-refractivity contribution >= 4 is 18.4 Å². The van der Waals surface area contributed by atoms with Crippen molar-refractivity contribution in [3.63, 3.8) is 0 Å². The van der Waals surface area contributed by atoms with Crippen molar-refractivity contribution in [1.29, 1.82) is 0 Å². The van der Waals surface area contributed by atoms with E-state index >= 15 is 0 Å². The minimum absolute atomic E-state index is 0. The standard InChI is InChI=1S/C7H13NO2.ClH/c1-2-10-7(9)6-4-3-5-8-6;/h6,8H,2-5H2,1H3;1H. The van der Waals surface area contributed by atoms with E-state index in [0.29, 0.717) is 6.61 Å². The first-order valence-corrected chi connectivity index (χ1v) is 3.74. The second-order valence-electron chi connectivity index (χ2n) is 2.40. The fraction of sp³-hybridized carbons (Fsp3) is 0.857. The van der Waals surface area contributed by atoms with Crippen molar-refractivity contribution in [2.75, 3.05) is 13.2 Å². The molecule has 3 nitrogen and oxygen atoms in total. The van der Waals surface area contributed by atoms with Crippen LogP contribution in [0.3, 0.4) is 0 Å². The predicted octanol–water partition coefficient (Wildman–Crippen LogP) is 0.723. The summed E-state index contributed by atoms with van der Waals surface area (Å²) in [5, 5.41) is 3.07. The predicted molar refractivity (Wildman–Crippen MR) is 44.9 cm³/mol. The van der Waals surface area contributed by atoms with Gasteiger partial charge >= 0.3 is 5.97 Å². The molecule has 0 aromatic heterocycles. The molecule has 0 aromatic carbocycles. The molecule has 1 aliphatic heterocycles. The van der Waals surface area contributed by atoms with Crippen molar-refractivity contribution in [1.82, 2.24) is 5.32 Å². The maximum Gasteiger partial charge on any atom is 0.323 e. The Balaban J connectivity index is 0.000001000. The summed E-state index contributed by atoms with van der Waals surface area (Å²) >= 11 is 0. The van der Waals surface area contributed by atoms with Gasteiger partial charge in [0.05, 0.1) is 6.61 Å². The molecule has 0 spiro atoms. The van der Waals surface area contributed by atoms with Gasteiger partial charge in [-0.1, -0.05) is 0 Å². The molecule has 1 N–H and O–H groups in total. The molecule has 66 valence electrons. The number of nitrogens with one attached hydrogen (secondary N) is 1. The first-order chi connectivity index (χ1) is 4.84. The number of hydrogen-bond donors (Lipinski definition) is 1. The lowest BCUT2D eigenvalue weighted by Gasteiger charge is -2.07. The van der Waals surface area contributed by atoms with E-state index in [1.807, 2.05) is 6.92 Å². The maximum atomic E-state index is 11.0. The molecule has 1 atom stereocenters. The van der Waals surface area contributed by atoms with Crippen LogP contribution in [0.1, 0.15) is 19.8 Å². The van der Waals surface area contributed by atoms with Gasteiger partial charge in [-0.25, -0.2) is 0 Å². The average Bonchev–Trinajstić information content (AvgIpc) is 2.38. The zero-order valence-electron chi connectivity index (χ0n) is 6.63. The van der Waals surface area contributed by atoms with Gasteiger partial charge in [0.15, 0.2) is 0 Å². The lowest BCUT2D eigenvalue weighted by atomic mass is 10.2. The van der Waals surface area contributed by atoms with Gasteiger partial charge in [0.25, 0.3) is 0 Å². The number of carbonyl (C=O) groups is 1. The second-order valence-corrected chi connectivity index (χ2v) is 2.40. The average molecular weight is 180 g/mol. The highest BCUT2D eigenvalue weighted by atomic mass is 35.5. The number of esters is 1. The molecule has 4 heteroatoms. The fourth-order valence-electron chi connectivity index (χ4n) is 1.13. The molecule has 11 heavy (non-hydrogen) atoms. The van der Waals surface area contributed by atoms with Gasteiger partial charge in [0.1, 0.15) is 6.04 Å². The van der Waals surface area contributed by atoms with Crippen LogP contribution in [0, 0.1) is 0 Å². The molecule has 1 unspecified atom stereocenters. The number of halogens is 1. The quantitative estimate of drug-likeness (QED) is 0.635. The van der Waals surface area contributed by atoms with Crippen LogP contribution in [0.4, 0.5) is 0 Å². The number of rotatable bonds is 2. The molecule has 1 rings (SSSR count). The smallest absolute Gasteiger partial charge is 0.323 e. The Labute approximate surface area is 72.9 Å². The summed E-state index contributed by atoms with van der Waals surface area (Å²) in [6.07, 6.45) is 2.02. The molecule has 0 radical (unpaired) electrons. The lowest BCUT2D eigenvalue weighted by Crippen LogP contribution is -2.32. The van der Waals surface area contributed by atoms with E-state index in [0.717, 1.165) is 19.4 Å². The van der Waals surface area contributed by atoms with Gasteiger partial charge in [0.2, 0.25) is 0 Å². The SMILES string of the molecule is CCOC(=O)C1CCCN1.Cl. The molecule has 1 saturated heterocycles. The van der Waals surface area contributed by atoms with Gasteiger partial charge < -0.3 is 10.1 Å². The molecule has 0 aliphatic carbocycles. The summed E-state index contributed by atoms with van der Waals surface area (Å²) in [4.78, 5) is 11.0. The zero-order chi connectivity index (χ0) is 7.40. The summed E-state index contributed by atoms with van der Waals surface area (Å²) in [6, 6.07) is -0.0278. The van der Waals surface area contributed by atoms with E-state index in [-0.39, 0.29) is 24.4 Å². The number of carbonyl (C=O) groups excluding carboxylic acids is 1. The van der Waals surface area contributed by atoms with Gasteiger partial charge in [-0.3, -0.25) is 4.79 Å². The second kappa shape index (κ2) is 5.38. The number of hydrogen-bond acceptors (Lipinski definition) is 3. The normalized spacial score (nSPS) is 22.5. The minimum atomic E-state index is -0.0972. The third-order valence-electron chi connectivity index (χ3n) is 1.63. The fourth-order valence-corrected chi connectivity index (χ4v) is 1.13. The first kappa shape index (κ1) is 10.7. The van der Waals surface area contributed by atoms with Crippen molar-refractivity contribution in [2.24, 2.45) is 0 Å².